The maximum Gasteiger partial charge on any atom is 0.182 e. The van der Waals surface area contributed by atoms with Crippen molar-refractivity contribution in [2.24, 2.45) is 4.99 Å². The van der Waals surface area contributed by atoms with E-state index in [1.807, 2.05) is 54.2 Å². The maximum atomic E-state index is 14.6. The zero-order chi connectivity index (χ0) is 19.0. The van der Waals surface area contributed by atoms with E-state index in [9.17, 15) is 9.50 Å². The molecule has 0 spiro atoms. The van der Waals surface area contributed by atoms with E-state index in [2.05, 4.69) is 4.99 Å². The van der Waals surface area contributed by atoms with E-state index in [1.165, 1.54) is 17.8 Å². The Kier molecular flexibility index (Phi) is 4.86. The summed E-state index contributed by atoms with van der Waals surface area (Å²) in [5.41, 5.74) is 1.000. The Morgan fingerprint density at radius 3 is 2.59 bits per heavy atom. The van der Waals surface area contributed by atoms with Crippen LogP contribution in [0.2, 0.25) is 0 Å². The van der Waals surface area contributed by atoms with E-state index in [0.29, 0.717) is 12.1 Å². The van der Waals surface area contributed by atoms with E-state index < -0.39 is 11.0 Å². The van der Waals surface area contributed by atoms with Crippen molar-refractivity contribution in [1.29, 1.82) is 0 Å². The fourth-order valence-electron chi connectivity index (χ4n) is 3.76. The first-order valence-corrected chi connectivity index (χ1v) is 10.1. The lowest BCUT2D eigenvalue weighted by Crippen LogP contribution is -2.46. The summed E-state index contributed by atoms with van der Waals surface area (Å²) in [5.74, 6) is -0.295. The van der Waals surface area contributed by atoms with Crippen molar-refractivity contribution < 1.29 is 9.50 Å². The predicted octanol–water partition coefficient (Wildman–Crippen LogP) is 3.98. The zero-order valence-electron chi connectivity index (χ0n) is 15.6. The second-order valence-corrected chi connectivity index (χ2v) is 8.28. The van der Waals surface area contributed by atoms with Gasteiger partial charge in [-0.3, -0.25) is 4.99 Å². The standard InChI is InChI=1S/C21H24FN3OS/c1-24(2)16-11-9-15(10-12-16)21(26)19(17-7-3-4-8-18(17)22)27-20-23-13-5-6-14-25(20)21/h3-4,7-12,19,26H,5-6,13-14H2,1-2H3. The highest BCUT2D eigenvalue weighted by Gasteiger charge is 2.54. The van der Waals surface area contributed by atoms with Crippen molar-refractivity contribution >= 4 is 22.6 Å². The number of halogens is 1. The lowest BCUT2D eigenvalue weighted by Gasteiger charge is -2.38. The molecule has 4 nitrogen and oxygen atoms in total. The Bertz CT molecular complexity index is 855. The smallest absolute Gasteiger partial charge is 0.182 e. The van der Waals surface area contributed by atoms with E-state index in [-0.39, 0.29) is 5.82 Å². The summed E-state index contributed by atoms with van der Waals surface area (Å²) in [5, 5.41) is 12.3. The average molecular weight is 386 g/mol. The van der Waals surface area contributed by atoms with Crippen LogP contribution in [0.1, 0.15) is 29.2 Å². The number of amidine groups is 1. The molecular weight excluding hydrogens is 361 g/mol. The van der Waals surface area contributed by atoms with Crippen molar-refractivity contribution in [3.05, 3.63) is 65.5 Å². The predicted molar refractivity (Wildman–Crippen MR) is 110 cm³/mol. The number of hydrogen-bond acceptors (Lipinski definition) is 5. The molecule has 2 heterocycles. The number of aliphatic hydroxyl groups is 1. The molecule has 2 atom stereocenters. The molecule has 0 bridgehead atoms. The summed E-state index contributed by atoms with van der Waals surface area (Å²) in [6.45, 7) is 1.46. The van der Waals surface area contributed by atoms with Gasteiger partial charge in [-0.25, -0.2) is 4.39 Å². The van der Waals surface area contributed by atoms with Crippen LogP contribution in [-0.2, 0) is 5.72 Å². The van der Waals surface area contributed by atoms with Gasteiger partial charge >= 0.3 is 0 Å². The van der Waals surface area contributed by atoms with Crippen LogP contribution >= 0.6 is 11.8 Å². The molecule has 2 unspecified atom stereocenters. The van der Waals surface area contributed by atoms with Gasteiger partial charge < -0.3 is 14.9 Å². The van der Waals surface area contributed by atoms with Crippen LogP contribution in [0.4, 0.5) is 10.1 Å². The fourth-order valence-corrected chi connectivity index (χ4v) is 5.24. The number of fused-ring (bicyclic) bond motifs is 1. The summed E-state index contributed by atoms with van der Waals surface area (Å²) < 4.78 is 14.6. The monoisotopic (exact) mass is 385 g/mol. The minimum absolute atomic E-state index is 0.295. The van der Waals surface area contributed by atoms with Crippen LogP contribution in [-0.4, -0.2) is 42.4 Å². The lowest BCUT2D eigenvalue weighted by molar-refractivity contribution is -0.0717. The van der Waals surface area contributed by atoms with Crippen LogP contribution in [0.25, 0.3) is 0 Å². The molecular formula is C21H24FN3OS. The third-order valence-electron chi connectivity index (χ3n) is 5.26. The molecule has 1 N–H and O–H groups in total. The molecule has 2 aromatic rings. The summed E-state index contributed by atoms with van der Waals surface area (Å²) in [6.07, 6.45) is 1.95. The van der Waals surface area contributed by atoms with Gasteiger partial charge in [-0.15, -0.1) is 0 Å². The lowest BCUT2D eigenvalue weighted by atomic mass is 9.92. The highest BCUT2D eigenvalue weighted by atomic mass is 32.2. The number of benzene rings is 2. The second-order valence-electron chi connectivity index (χ2n) is 7.21. The van der Waals surface area contributed by atoms with E-state index in [0.717, 1.165) is 35.8 Å². The number of anilines is 1. The Balaban J connectivity index is 1.84. The van der Waals surface area contributed by atoms with E-state index in [1.54, 1.807) is 12.1 Å². The molecule has 2 aliphatic rings. The molecule has 0 aliphatic carbocycles. The maximum absolute atomic E-state index is 14.6. The minimum Gasteiger partial charge on any atom is -0.378 e. The number of rotatable bonds is 3. The van der Waals surface area contributed by atoms with Crippen molar-refractivity contribution in [2.75, 3.05) is 32.1 Å². The number of nitrogens with zero attached hydrogens (tertiary/aromatic N) is 3. The molecule has 1 fully saturated rings. The number of hydrogen-bond donors (Lipinski definition) is 1. The Hall–Kier alpha value is -2.05. The molecule has 0 saturated carbocycles. The second kappa shape index (κ2) is 7.17. The van der Waals surface area contributed by atoms with Gasteiger partial charge in [0.2, 0.25) is 0 Å². The van der Waals surface area contributed by atoms with Crippen molar-refractivity contribution in [3.8, 4) is 0 Å². The van der Waals surface area contributed by atoms with Crippen LogP contribution in [0.3, 0.4) is 0 Å². The molecule has 1 saturated heterocycles. The largest absolute Gasteiger partial charge is 0.378 e. The first-order valence-electron chi connectivity index (χ1n) is 9.25. The Morgan fingerprint density at radius 2 is 1.89 bits per heavy atom. The molecule has 0 amide bonds. The summed E-state index contributed by atoms with van der Waals surface area (Å²) in [6, 6.07) is 14.6. The zero-order valence-corrected chi connectivity index (χ0v) is 16.4. The van der Waals surface area contributed by atoms with Gasteiger partial charge in [-0.1, -0.05) is 42.1 Å². The Morgan fingerprint density at radius 1 is 1.15 bits per heavy atom. The summed E-state index contributed by atoms with van der Waals surface area (Å²) >= 11 is 1.46. The third kappa shape index (κ3) is 3.11. The van der Waals surface area contributed by atoms with Gasteiger partial charge in [0, 0.05) is 44.0 Å². The van der Waals surface area contributed by atoms with Gasteiger partial charge in [0.05, 0.1) is 5.25 Å². The summed E-state index contributed by atoms with van der Waals surface area (Å²) in [7, 11) is 3.97. The molecule has 2 aromatic carbocycles. The first kappa shape index (κ1) is 18.3. The van der Waals surface area contributed by atoms with Crippen LogP contribution < -0.4 is 4.90 Å². The van der Waals surface area contributed by atoms with Crippen molar-refractivity contribution in [1.82, 2.24) is 4.90 Å². The van der Waals surface area contributed by atoms with Crippen LogP contribution in [0.15, 0.2) is 53.5 Å². The van der Waals surface area contributed by atoms with Crippen LogP contribution in [0, 0.1) is 5.82 Å². The molecule has 4 rings (SSSR count). The Labute approximate surface area is 163 Å². The number of thioether (sulfide) groups is 1. The third-order valence-corrected chi connectivity index (χ3v) is 6.64. The normalized spacial score (nSPS) is 25.0. The molecule has 0 radical (unpaired) electrons. The van der Waals surface area contributed by atoms with Crippen molar-refractivity contribution in [3.63, 3.8) is 0 Å². The van der Waals surface area contributed by atoms with Gasteiger partial charge in [0.15, 0.2) is 10.9 Å². The van der Waals surface area contributed by atoms with E-state index >= 15 is 0 Å². The molecule has 2 aliphatic heterocycles. The highest BCUT2D eigenvalue weighted by molar-refractivity contribution is 8.14. The van der Waals surface area contributed by atoms with E-state index in [4.69, 9.17) is 0 Å². The summed E-state index contributed by atoms with van der Waals surface area (Å²) in [4.78, 5) is 8.66. The first-order chi connectivity index (χ1) is 13.0. The van der Waals surface area contributed by atoms with Gasteiger partial charge in [-0.2, -0.15) is 0 Å². The molecule has 27 heavy (non-hydrogen) atoms. The van der Waals surface area contributed by atoms with Gasteiger partial charge in [0.25, 0.3) is 0 Å². The minimum atomic E-state index is -1.33. The fraction of sp³-hybridized carbons (Fsp3) is 0.381. The molecule has 0 aromatic heterocycles. The van der Waals surface area contributed by atoms with Gasteiger partial charge in [0.1, 0.15) is 5.82 Å². The van der Waals surface area contributed by atoms with Crippen LogP contribution in [0.5, 0.6) is 0 Å². The SMILES string of the molecule is CN(C)c1ccc(C2(O)C(c3ccccc3F)SC3=NCCCCN32)cc1. The molecule has 142 valence electrons. The number of aliphatic imine (C=N–C) groups is 1. The highest BCUT2D eigenvalue weighted by Crippen LogP contribution is 2.55. The topological polar surface area (TPSA) is 39.1 Å². The quantitative estimate of drug-likeness (QED) is 0.868. The van der Waals surface area contributed by atoms with Gasteiger partial charge in [-0.05, 0) is 31.0 Å². The van der Waals surface area contributed by atoms with Crippen molar-refractivity contribution in [2.45, 2.75) is 23.8 Å². The average Bonchev–Trinajstić information content (AvgIpc) is 2.82. The molecule has 6 heteroatoms.